The van der Waals surface area contributed by atoms with Gasteiger partial charge in [0.15, 0.2) is 0 Å². The highest BCUT2D eigenvalue weighted by Crippen LogP contribution is 2.40. The van der Waals surface area contributed by atoms with Crippen molar-refractivity contribution in [3.8, 4) is 0 Å². The second-order valence-corrected chi connectivity index (χ2v) is 10.7. The average molecular weight is 482 g/mol. The lowest BCUT2D eigenvalue weighted by Gasteiger charge is -2.36. The molecule has 2 aromatic carbocycles. The third-order valence-corrected chi connectivity index (χ3v) is 7.78. The van der Waals surface area contributed by atoms with Crippen LogP contribution in [0.3, 0.4) is 0 Å². The number of aliphatic hydroxyl groups is 2. The standard InChI is InChI=1S/C22H25F2N3O3S2/c1-14(21(28)16-4-7-18(8-5-16)32(3)30)31-15(2)22(29,11-27-13-25-12-26-27)19-9-6-17(23)10-20(19)24/h4-10,12-15,21,28-29H,11H2,1-3H3/t14?,15-,21?,22-,32?/m1/s1. The molecule has 0 spiro atoms. The van der Waals surface area contributed by atoms with Gasteiger partial charge in [-0.3, -0.25) is 4.21 Å². The predicted octanol–water partition coefficient (Wildman–Crippen LogP) is 3.43. The van der Waals surface area contributed by atoms with E-state index < -0.39 is 39.4 Å². The molecule has 1 aromatic heterocycles. The molecule has 0 radical (unpaired) electrons. The Labute approximate surface area is 192 Å². The minimum absolute atomic E-state index is 0.0640. The normalized spacial score (nSPS) is 17.3. The molecule has 0 amide bonds. The molecule has 3 aromatic rings. The van der Waals surface area contributed by atoms with Crippen molar-refractivity contribution in [2.24, 2.45) is 0 Å². The van der Waals surface area contributed by atoms with Gasteiger partial charge >= 0.3 is 0 Å². The first-order valence-corrected chi connectivity index (χ1v) is 12.4. The van der Waals surface area contributed by atoms with Crippen molar-refractivity contribution in [3.63, 3.8) is 0 Å². The van der Waals surface area contributed by atoms with E-state index in [-0.39, 0.29) is 17.4 Å². The number of benzene rings is 2. The van der Waals surface area contributed by atoms with E-state index in [9.17, 15) is 23.2 Å². The van der Waals surface area contributed by atoms with E-state index in [1.54, 1.807) is 44.4 Å². The van der Waals surface area contributed by atoms with Crippen LogP contribution in [0.5, 0.6) is 0 Å². The van der Waals surface area contributed by atoms with Gasteiger partial charge in [0.2, 0.25) is 0 Å². The van der Waals surface area contributed by atoms with Crippen molar-refractivity contribution in [1.82, 2.24) is 14.8 Å². The van der Waals surface area contributed by atoms with Crippen LogP contribution in [0, 0.1) is 11.6 Å². The molecule has 0 aliphatic carbocycles. The molecule has 32 heavy (non-hydrogen) atoms. The zero-order valence-electron chi connectivity index (χ0n) is 17.9. The van der Waals surface area contributed by atoms with Gasteiger partial charge in [-0.1, -0.05) is 32.0 Å². The highest BCUT2D eigenvalue weighted by atomic mass is 32.2. The van der Waals surface area contributed by atoms with Crippen LogP contribution in [-0.4, -0.2) is 45.9 Å². The van der Waals surface area contributed by atoms with Gasteiger partial charge in [-0.05, 0) is 23.8 Å². The van der Waals surface area contributed by atoms with Crippen LogP contribution in [-0.2, 0) is 22.9 Å². The zero-order chi connectivity index (χ0) is 23.5. The number of aromatic nitrogens is 3. The Morgan fingerprint density at radius 1 is 1.19 bits per heavy atom. The van der Waals surface area contributed by atoms with Crippen LogP contribution in [0.2, 0.25) is 0 Å². The van der Waals surface area contributed by atoms with Crippen molar-refractivity contribution in [1.29, 1.82) is 0 Å². The molecule has 0 aliphatic heterocycles. The minimum atomic E-state index is -1.76. The molecule has 6 nitrogen and oxygen atoms in total. The average Bonchev–Trinajstić information content (AvgIpc) is 3.25. The summed E-state index contributed by atoms with van der Waals surface area (Å²) in [6.45, 7) is 3.41. The van der Waals surface area contributed by atoms with Crippen LogP contribution in [0.4, 0.5) is 8.78 Å². The summed E-state index contributed by atoms with van der Waals surface area (Å²) >= 11 is 1.27. The molecular formula is C22H25F2N3O3S2. The molecule has 0 saturated heterocycles. The van der Waals surface area contributed by atoms with Gasteiger partial charge in [0, 0.05) is 44.1 Å². The third-order valence-electron chi connectivity index (χ3n) is 5.36. The fourth-order valence-corrected chi connectivity index (χ4v) is 5.37. The summed E-state index contributed by atoms with van der Waals surface area (Å²) in [4.78, 5) is 4.52. The summed E-state index contributed by atoms with van der Waals surface area (Å²) in [5.74, 6) is -1.61. The number of hydrogen-bond donors (Lipinski definition) is 2. The first kappa shape index (κ1) is 24.5. The van der Waals surface area contributed by atoms with Gasteiger partial charge in [0.05, 0.1) is 12.6 Å². The minimum Gasteiger partial charge on any atom is -0.387 e. The monoisotopic (exact) mass is 481 g/mol. The number of thioether (sulfide) groups is 1. The van der Waals surface area contributed by atoms with Gasteiger partial charge in [-0.2, -0.15) is 5.10 Å². The number of aliphatic hydroxyl groups excluding tert-OH is 1. The molecule has 0 saturated carbocycles. The van der Waals surface area contributed by atoms with Gasteiger partial charge in [-0.15, -0.1) is 11.8 Å². The summed E-state index contributed by atoms with van der Waals surface area (Å²) in [6.07, 6.45) is 3.41. The Morgan fingerprint density at radius 2 is 1.88 bits per heavy atom. The lowest BCUT2D eigenvalue weighted by molar-refractivity contribution is 0.0129. The highest BCUT2D eigenvalue weighted by molar-refractivity contribution is 8.00. The topological polar surface area (TPSA) is 88.2 Å². The fraction of sp³-hybridized carbons (Fsp3) is 0.364. The Kier molecular flexibility index (Phi) is 7.81. The Hall–Kier alpha value is -2.14. The summed E-state index contributed by atoms with van der Waals surface area (Å²) in [6, 6.07) is 9.88. The number of halogens is 2. The Morgan fingerprint density at radius 3 is 2.44 bits per heavy atom. The van der Waals surface area contributed by atoms with E-state index in [2.05, 4.69) is 10.1 Å². The zero-order valence-corrected chi connectivity index (χ0v) is 19.5. The third kappa shape index (κ3) is 5.43. The van der Waals surface area contributed by atoms with E-state index in [0.717, 1.165) is 12.1 Å². The maximum atomic E-state index is 14.7. The van der Waals surface area contributed by atoms with E-state index in [1.165, 1.54) is 35.2 Å². The number of hydrogen-bond acceptors (Lipinski definition) is 6. The smallest absolute Gasteiger partial charge is 0.137 e. The molecule has 0 aliphatic rings. The van der Waals surface area contributed by atoms with E-state index in [4.69, 9.17) is 0 Å². The SMILES string of the molecule is CC(S[C@H](C)[C@](O)(Cn1cncn1)c1ccc(F)cc1F)C(O)c1ccc(S(C)=O)cc1. The molecule has 0 bridgehead atoms. The number of nitrogens with zero attached hydrogens (tertiary/aromatic N) is 3. The molecule has 5 atom stereocenters. The van der Waals surface area contributed by atoms with Crippen LogP contribution >= 0.6 is 11.8 Å². The molecule has 3 rings (SSSR count). The predicted molar refractivity (Wildman–Crippen MR) is 121 cm³/mol. The molecule has 10 heteroatoms. The molecule has 0 fully saturated rings. The maximum absolute atomic E-state index is 14.7. The summed E-state index contributed by atoms with van der Waals surface area (Å²) in [5.41, 5.74) is -1.18. The van der Waals surface area contributed by atoms with Crippen LogP contribution in [0.15, 0.2) is 60.0 Å². The summed E-state index contributed by atoms with van der Waals surface area (Å²) in [5, 5.41) is 25.4. The first-order chi connectivity index (χ1) is 15.1. The number of rotatable bonds is 9. The first-order valence-electron chi connectivity index (χ1n) is 9.89. The largest absolute Gasteiger partial charge is 0.387 e. The maximum Gasteiger partial charge on any atom is 0.137 e. The Bertz CT molecular complexity index is 1070. The molecule has 1 heterocycles. The van der Waals surface area contributed by atoms with Crippen molar-refractivity contribution < 1.29 is 23.2 Å². The second-order valence-electron chi connectivity index (χ2n) is 7.59. The van der Waals surface area contributed by atoms with E-state index in [1.807, 2.05) is 0 Å². The van der Waals surface area contributed by atoms with Gasteiger partial charge in [-0.25, -0.2) is 18.4 Å². The quantitative estimate of drug-likeness (QED) is 0.487. The molecule has 2 N–H and O–H groups in total. The van der Waals surface area contributed by atoms with Crippen LogP contribution in [0.1, 0.15) is 31.1 Å². The van der Waals surface area contributed by atoms with Crippen LogP contribution in [0.25, 0.3) is 0 Å². The Balaban J connectivity index is 1.85. The fourth-order valence-electron chi connectivity index (χ4n) is 3.47. The highest BCUT2D eigenvalue weighted by Gasteiger charge is 2.41. The van der Waals surface area contributed by atoms with Crippen molar-refractivity contribution >= 4 is 22.6 Å². The summed E-state index contributed by atoms with van der Waals surface area (Å²) in [7, 11) is -1.12. The molecular weight excluding hydrogens is 456 g/mol. The summed E-state index contributed by atoms with van der Waals surface area (Å²) < 4.78 is 41.1. The van der Waals surface area contributed by atoms with E-state index >= 15 is 0 Å². The van der Waals surface area contributed by atoms with Crippen LogP contribution < -0.4 is 0 Å². The van der Waals surface area contributed by atoms with Gasteiger partial charge in [0.1, 0.15) is 29.9 Å². The van der Waals surface area contributed by atoms with Crippen molar-refractivity contribution in [2.75, 3.05) is 6.26 Å². The lowest BCUT2D eigenvalue weighted by atomic mass is 9.90. The van der Waals surface area contributed by atoms with E-state index in [0.29, 0.717) is 10.5 Å². The lowest BCUT2D eigenvalue weighted by Crippen LogP contribution is -2.42. The molecule has 172 valence electrons. The second kappa shape index (κ2) is 10.2. The van der Waals surface area contributed by atoms with Crippen molar-refractivity contribution in [3.05, 3.63) is 77.9 Å². The molecule has 3 unspecified atom stereocenters. The van der Waals surface area contributed by atoms with Gasteiger partial charge in [0.25, 0.3) is 0 Å². The van der Waals surface area contributed by atoms with Crippen molar-refractivity contribution in [2.45, 2.75) is 47.5 Å². The van der Waals surface area contributed by atoms with Gasteiger partial charge < -0.3 is 10.2 Å².